The maximum absolute atomic E-state index is 12.0. The largest absolute Gasteiger partial charge is 0.356 e. The number of benzene rings is 2. The van der Waals surface area contributed by atoms with Crippen LogP contribution in [0.2, 0.25) is 5.02 Å². The number of carbonyl (C=O) groups excluding carboxylic acids is 1. The molecular formula is C20H26ClIN4O. The molecule has 2 N–H and O–H groups in total. The Balaban J connectivity index is 0.00000364. The van der Waals surface area contributed by atoms with Crippen molar-refractivity contribution in [3.05, 3.63) is 70.2 Å². The Bertz CT molecular complexity index is 780. The van der Waals surface area contributed by atoms with E-state index in [9.17, 15) is 4.79 Å². The summed E-state index contributed by atoms with van der Waals surface area (Å²) in [5, 5.41) is 7.27. The molecule has 146 valence electrons. The van der Waals surface area contributed by atoms with Crippen LogP contribution in [0.1, 0.15) is 21.5 Å². The second-order valence-electron chi connectivity index (χ2n) is 6.13. The van der Waals surface area contributed by atoms with Gasteiger partial charge in [0, 0.05) is 44.8 Å². The molecule has 0 atom stereocenters. The average Bonchev–Trinajstić information content (AvgIpc) is 2.64. The zero-order valence-electron chi connectivity index (χ0n) is 15.8. The summed E-state index contributed by atoms with van der Waals surface area (Å²) in [5.74, 6) is 0.740. The van der Waals surface area contributed by atoms with Crippen molar-refractivity contribution in [2.75, 3.05) is 27.7 Å². The number of nitrogens with zero attached hydrogens (tertiary/aromatic N) is 2. The highest BCUT2D eigenvalue weighted by Gasteiger charge is 2.08. The minimum Gasteiger partial charge on any atom is -0.356 e. The summed E-state index contributed by atoms with van der Waals surface area (Å²) in [4.78, 5) is 17.8. The fourth-order valence-corrected chi connectivity index (χ4v) is 2.71. The molecule has 0 aliphatic carbocycles. The molecule has 7 heteroatoms. The minimum atomic E-state index is 0. The molecule has 0 bridgehead atoms. The zero-order valence-corrected chi connectivity index (χ0v) is 18.9. The molecule has 0 fully saturated rings. The van der Waals surface area contributed by atoms with E-state index in [0.29, 0.717) is 12.1 Å². The summed E-state index contributed by atoms with van der Waals surface area (Å²) in [6.45, 7) is 1.36. The van der Waals surface area contributed by atoms with Gasteiger partial charge in [-0.3, -0.25) is 9.79 Å². The fraction of sp³-hybridized carbons (Fsp3) is 0.300. The van der Waals surface area contributed by atoms with Gasteiger partial charge >= 0.3 is 0 Å². The smallest absolute Gasteiger partial charge is 0.253 e. The number of halogens is 2. The van der Waals surface area contributed by atoms with Gasteiger partial charge in [0.15, 0.2) is 5.96 Å². The summed E-state index contributed by atoms with van der Waals surface area (Å²) >= 11 is 6.00. The molecule has 0 aromatic heterocycles. The van der Waals surface area contributed by atoms with E-state index in [0.717, 1.165) is 35.1 Å². The topological polar surface area (TPSA) is 56.7 Å². The van der Waals surface area contributed by atoms with Crippen LogP contribution in [-0.2, 0) is 13.0 Å². The molecule has 2 aromatic carbocycles. The molecule has 0 radical (unpaired) electrons. The molecule has 0 saturated carbocycles. The quantitative estimate of drug-likeness (QED) is 0.362. The van der Waals surface area contributed by atoms with E-state index in [-0.39, 0.29) is 29.9 Å². The summed E-state index contributed by atoms with van der Waals surface area (Å²) in [6, 6.07) is 15.4. The van der Waals surface area contributed by atoms with Gasteiger partial charge < -0.3 is 15.5 Å². The molecular weight excluding hydrogens is 475 g/mol. The highest BCUT2D eigenvalue weighted by molar-refractivity contribution is 14.0. The molecule has 2 aromatic rings. The summed E-state index contributed by atoms with van der Waals surface area (Å²) in [7, 11) is 5.25. The fourth-order valence-electron chi connectivity index (χ4n) is 2.50. The molecule has 0 aliphatic rings. The molecule has 5 nitrogen and oxygen atoms in total. The van der Waals surface area contributed by atoms with Crippen LogP contribution in [0.3, 0.4) is 0 Å². The maximum atomic E-state index is 12.0. The van der Waals surface area contributed by atoms with Gasteiger partial charge in [0.25, 0.3) is 5.91 Å². The maximum Gasteiger partial charge on any atom is 0.253 e. The van der Waals surface area contributed by atoms with Crippen molar-refractivity contribution in [1.82, 2.24) is 15.5 Å². The first kappa shape index (κ1) is 23.2. The lowest BCUT2D eigenvalue weighted by Gasteiger charge is -2.13. The first-order valence-corrected chi connectivity index (χ1v) is 8.87. The molecule has 0 unspecified atom stereocenters. The van der Waals surface area contributed by atoms with Crippen molar-refractivity contribution in [2.24, 2.45) is 4.99 Å². The Kier molecular flexibility index (Phi) is 10.2. The van der Waals surface area contributed by atoms with E-state index in [1.807, 2.05) is 48.5 Å². The molecule has 0 saturated heterocycles. The van der Waals surface area contributed by atoms with Crippen molar-refractivity contribution >= 4 is 47.4 Å². The SMILES string of the molecule is CN=C(NCCc1cccc(C(=O)N(C)C)c1)NCc1cccc(Cl)c1.I. The monoisotopic (exact) mass is 500 g/mol. The zero-order chi connectivity index (χ0) is 18.9. The summed E-state index contributed by atoms with van der Waals surface area (Å²) in [6.07, 6.45) is 0.798. The predicted octanol–water partition coefficient (Wildman–Crippen LogP) is 3.57. The van der Waals surface area contributed by atoms with Gasteiger partial charge in [-0.05, 0) is 41.8 Å². The number of amides is 1. The number of hydrogen-bond donors (Lipinski definition) is 2. The normalized spacial score (nSPS) is 10.7. The molecule has 27 heavy (non-hydrogen) atoms. The van der Waals surface area contributed by atoms with Crippen LogP contribution in [0.4, 0.5) is 0 Å². The minimum absolute atomic E-state index is 0. The van der Waals surface area contributed by atoms with E-state index in [4.69, 9.17) is 11.6 Å². The predicted molar refractivity (Wildman–Crippen MR) is 123 cm³/mol. The first-order valence-electron chi connectivity index (χ1n) is 8.49. The van der Waals surface area contributed by atoms with E-state index < -0.39 is 0 Å². The Morgan fingerprint density at radius 1 is 1.07 bits per heavy atom. The Hall–Kier alpha value is -1.80. The third-order valence-corrected chi connectivity index (χ3v) is 4.09. The van der Waals surface area contributed by atoms with Gasteiger partial charge in [-0.1, -0.05) is 35.9 Å². The van der Waals surface area contributed by atoms with Gasteiger partial charge in [0.05, 0.1) is 0 Å². The number of hydrogen-bond acceptors (Lipinski definition) is 2. The van der Waals surface area contributed by atoms with E-state index in [2.05, 4.69) is 15.6 Å². The Morgan fingerprint density at radius 3 is 2.44 bits per heavy atom. The van der Waals surface area contributed by atoms with Gasteiger partial charge in [0.2, 0.25) is 0 Å². The van der Waals surface area contributed by atoms with Gasteiger partial charge in [-0.2, -0.15) is 0 Å². The van der Waals surface area contributed by atoms with Crippen LogP contribution in [0.5, 0.6) is 0 Å². The van der Waals surface area contributed by atoms with Gasteiger partial charge in [-0.15, -0.1) is 24.0 Å². The van der Waals surface area contributed by atoms with Crippen molar-refractivity contribution in [3.63, 3.8) is 0 Å². The van der Waals surface area contributed by atoms with Crippen LogP contribution in [-0.4, -0.2) is 44.5 Å². The second kappa shape index (κ2) is 11.8. The lowest BCUT2D eigenvalue weighted by atomic mass is 10.1. The molecule has 2 rings (SSSR count). The van der Waals surface area contributed by atoms with Crippen LogP contribution < -0.4 is 10.6 Å². The van der Waals surface area contributed by atoms with E-state index in [1.165, 1.54) is 0 Å². The average molecular weight is 501 g/mol. The molecule has 0 aliphatic heterocycles. The molecule has 1 amide bonds. The lowest BCUT2D eigenvalue weighted by molar-refractivity contribution is 0.0827. The third-order valence-electron chi connectivity index (χ3n) is 3.86. The van der Waals surface area contributed by atoms with Gasteiger partial charge in [0.1, 0.15) is 0 Å². The summed E-state index contributed by atoms with van der Waals surface area (Å²) < 4.78 is 0. The van der Waals surface area contributed by atoms with Crippen molar-refractivity contribution in [1.29, 1.82) is 0 Å². The summed E-state index contributed by atoms with van der Waals surface area (Å²) in [5.41, 5.74) is 2.90. The second-order valence-corrected chi connectivity index (χ2v) is 6.57. The number of guanidine groups is 1. The number of carbonyl (C=O) groups is 1. The van der Waals surface area contributed by atoms with Crippen molar-refractivity contribution in [3.8, 4) is 0 Å². The van der Waals surface area contributed by atoms with E-state index in [1.54, 1.807) is 26.0 Å². The molecule has 0 heterocycles. The standard InChI is InChI=1S/C20H25ClN4O.HI/c1-22-20(24-14-16-7-5-9-18(21)13-16)23-11-10-15-6-4-8-17(12-15)19(26)25(2)3;/h4-9,12-13H,10-11,14H2,1-3H3,(H2,22,23,24);1H. The van der Waals surface area contributed by atoms with Crippen LogP contribution in [0, 0.1) is 0 Å². The van der Waals surface area contributed by atoms with Crippen molar-refractivity contribution < 1.29 is 4.79 Å². The highest BCUT2D eigenvalue weighted by atomic mass is 127. The van der Waals surface area contributed by atoms with Gasteiger partial charge in [-0.25, -0.2) is 0 Å². The van der Waals surface area contributed by atoms with Crippen LogP contribution in [0.15, 0.2) is 53.5 Å². The van der Waals surface area contributed by atoms with Crippen LogP contribution in [0.25, 0.3) is 0 Å². The highest BCUT2D eigenvalue weighted by Crippen LogP contribution is 2.10. The number of rotatable bonds is 6. The third kappa shape index (κ3) is 7.76. The van der Waals surface area contributed by atoms with Crippen molar-refractivity contribution in [2.45, 2.75) is 13.0 Å². The number of aliphatic imine (C=N–C) groups is 1. The lowest BCUT2D eigenvalue weighted by Crippen LogP contribution is -2.37. The Morgan fingerprint density at radius 2 is 1.78 bits per heavy atom. The van der Waals surface area contributed by atoms with E-state index >= 15 is 0 Å². The Labute approximate surface area is 183 Å². The molecule has 0 spiro atoms. The number of nitrogens with one attached hydrogen (secondary N) is 2. The van der Waals surface area contributed by atoms with Crippen LogP contribution >= 0.6 is 35.6 Å². The first-order chi connectivity index (χ1) is 12.5.